The number of carbonyl (C=O) groups is 2. The Kier molecular flexibility index (Phi) is 5.88. The van der Waals surface area contributed by atoms with E-state index in [1.54, 1.807) is 36.5 Å². The largest absolute Gasteiger partial charge is 0.326 e. The van der Waals surface area contributed by atoms with Crippen molar-refractivity contribution in [1.82, 2.24) is 10.3 Å². The third kappa shape index (κ3) is 4.72. The number of hydrogen-bond acceptors (Lipinski definition) is 3. The lowest BCUT2D eigenvalue weighted by atomic mass is 10.1. The normalized spacial score (nSPS) is 10.3. The Balaban J connectivity index is 1.69. The van der Waals surface area contributed by atoms with Crippen molar-refractivity contribution in [3.63, 3.8) is 0 Å². The molecule has 0 saturated heterocycles. The predicted octanol–water partition coefficient (Wildman–Crippen LogP) is 5.43. The van der Waals surface area contributed by atoms with E-state index in [2.05, 4.69) is 31.5 Å². The standard InChI is InChI=1S/C20H15BrClN3O2/c1-12-10-15(11-23-18(12)13-6-8-14(21)9-7-13)24-20(27)25-19(26)16-4-2-3-5-17(16)22/h2-11H,1H3,(H2,24,25,26,27). The lowest BCUT2D eigenvalue weighted by Crippen LogP contribution is -2.34. The zero-order chi connectivity index (χ0) is 19.4. The molecule has 0 aliphatic carbocycles. The quantitative estimate of drug-likeness (QED) is 0.565. The first kappa shape index (κ1) is 19.1. The molecular formula is C20H15BrClN3O2. The highest BCUT2D eigenvalue weighted by Gasteiger charge is 2.14. The van der Waals surface area contributed by atoms with Crippen LogP contribution in [-0.2, 0) is 0 Å². The molecule has 2 N–H and O–H groups in total. The molecule has 3 aromatic rings. The fourth-order valence-electron chi connectivity index (χ4n) is 2.53. The highest BCUT2D eigenvalue weighted by Crippen LogP contribution is 2.24. The van der Waals surface area contributed by atoms with Gasteiger partial charge in [-0.15, -0.1) is 0 Å². The summed E-state index contributed by atoms with van der Waals surface area (Å²) in [5, 5.41) is 5.13. The molecular weight excluding hydrogens is 430 g/mol. The van der Waals surface area contributed by atoms with Crippen molar-refractivity contribution in [3.8, 4) is 11.3 Å². The fraction of sp³-hybridized carbons (Fsp3) is 0.0500. The highest BCUT2D eigenvalue weighted by atomic mass is 79.9. The monoisotopic (exact) mass is 443 g/mol. The topological polar surface area (TPSA) is 71.1 Å². The number of pyridine rings is 1. The summed E-state index contributed by atoms with van der Waals surface area (Å²) in [6, 6.07) is 15.5. The van der Waals surface area contributed by atoms with Gasteiger partial charge in [0.25, 0.3) is 5.91 Å². The van der Waals surface area contributed by atoms with Gasteiger partial charge in [0, 0.05) is 10.0 Å². The lowest BCUT2D eigenvalue weighted by molar-refractivity contribution is 0.0967. The lowest BCUT2D eigenvalue weighted by Gasteiger charge is -2.10. The van der Waals surface area contributed by atoms with Crippen molar-refractivity contribution in [2.45, 2.75) is 6.92 Å². The minimum atomic E-state index is -0.655. The van der Waals surface area contributed by atoms with E-state index in [4.69, 9.17) is 11.6 Å². The van der Waals surface area contributed by atoms with E-state index in [9.17, 15) is 9.59 Å². The molecule has 5 nitrogen and oxygen atoms in total. The number of rotatable bonds is 3. The Morgan fingerprint density at radius 3 is 2.44 bits per heavy atom. The van der Waals surface area contributed by atoms with Gasteiger partial charge >= 0.3 is 6.03 Å². The summed E-state index contributed by atoms with van der Waals surface area (Å²) in [5.74, 6) is -0.575. The van der Waals surface area contributed by atoms with Gasteiger partial charge in [0.05, 0.1) is 28.2 Å². The Morgan fingerprint density at radius 2 is 1.78 bits per heavy atom. The van der Waals surface area contributed by atoms with Crippen LogP contribution in [0.3, 0.4) is 0 Å². The number of anilines is 1. The van der Waals surface area contributed by atoms with Gasteiger partial charge in [-0.3, -0.25) is 15.1 Å². The van der Waals surface area contributed by atoms with Crippen molar-refractivity contribution in [2.75, 3.05) is 5.32 Å². The molecule has 3 amide bonds. The maximum atomic E-state index is 12.1. The van der Waals surface area contributed by atoms with Gasteiger partial charge in [-0.05, 0) is 42.8 Å². The number of carbonyl (C=O) groups excluding carboxylic acids is 2. The molecule has 2 aromatic carbocycles. The molecule has 136 valence electrons. The SMILES string of the molecule is Cc1cc(NC(=O)NC(=O)c2ccccc2Cl)cnc1-c1ccc(Br)cc1. The first-order chi connectivity index (χ1) is 12.9. The van der Waals surface area contributed by atoms with Crippen molar-refractivity contribution in [3.05, 3.63) is 81.4 Å². The van der Waals surface area contributed by atoms with Crippen LogP contribution in [0.1, 0.15) is 15.9 Å². The second-order valence-electron chi connectivity index (χ2n) is 5.78. The predicted molar refractivity (Wildman–Crippen MR) is 110 cm³/mol. The molecule has 0 spiro atoms. The summed E-state index contributed by atoms with van der Waals surface area (Å²) < 4.78 is 0.988. The van der Waals surface area contributed by atoms with Gasteiger partial charge in [-0.25, -0.2) is 4.79 Å². The summed E-state index contributed by atoms with van der Waals surface area (Å²) in [5.41, 5.74) is 3.40. The number of urea groups is 1. The summed E-state index contributed by atoms with van der Waals surface area (Å²) in [6.07, 6.45) is 1.55. The first-order valence-corrected chi connectivity index (χ1v) is 9.20. The molecule has 0 radical (unpaired) electrons. The zero-order valence-electron chi connectivity index (χ0n) is 14.3. The first-order valence-electron chi connectivity index (χ1n) is 8.03. The van der Waals surface area contributed by atoms with E-state index in [0.29, 0.717) is 5.69 Å². The summed E-state index contributed by atoms with van der Waals surface area (Å²) in [6.45, 7) is 1.91. The van der Waals surface area contributed by atoms with Crippen LogP contribution in [0.5, 0.6) is 0 Å². The van der Waals surface area contributed by atoms with E-state index in [-0.39, 0.29) is 10.6 Å². The van der Waals surface area contributed by atoms with Gasteiger partial charge in [-0.1, -0.05) is 51.8 Å². The maximum Gasteiger partial charge on any atom is 0.326 e. The van der Waals surface area contributed by atoms with E-state index in [1.807, 2.05) is 31.2 Å². The van der Waals surface area contributed by atoms with Gasteiger partial charge in [0.15, 0.2) is 0 Å². The number of benzene rings is 2. The number of imide groups is 1. The zero-order valence-corrected chi connectivity index (χ0v) is 16.6. The minimum Gasteiger partial charge on any atom is -0.306 e. The average Bonchev–Trinajstić information content (AvgIpc) is 2.63. The maximum absolute atomic E-state index is 12.1. The molecule has 7 heteroatoms. The van der Waals surface area contributed by atoms with Crippen LogP contribution in [0, 0.1) is 6.92 Å². The Hall–Kier alpha value is -2.70. The third-order valence-corrected chi connectivity index (χ3v) is 4.66. The van der Waals surface area contributed by atoms with E-state index < -0.39 is 11.9 Å². The summed E-state index contributed by atoms with van der Waals surface area (Å²) in [7, 11) is 0. The van der Waals surface area contributed by atoms with Crippen LogP contribution in [0.4, 0.5) is 10.5 Å². The molecule has 0 aliphatic rings. The number of halogens is 2. The molecule has 0 unspecified atom stereocenters. The number of aryl methyl sites for hydroxylation is 1. The van der Waals surface area contributed by atoms with Gasteiger partial charge in [-0.2, -0.15) is 0 Å². The Labute approximate surface area is 169 Å². The van der Waals surface area contributed by atoms with Gasteiger partial charge < -0.3 is 5.32 Å². The van der Waals surface area contributed by atoms with Crippen molar-refractivity contribution < 1.29 is 9.59 Å². The van der Waals surface area contributed by atoms with Crippen LogP contribution in [0.2, 0.25) is 5.02 Å². The molecule has 0 fully saturated rings. The van der Waals surface area contributed by atoms with Crippen LogP contribution >= 0.6 is 27.5 Å². The molecule has 0 bridgehead atoms. The number of hydrogen-bond donors (Lipinski definition) is 2. The van der Waals surface area contributed by atoms with Crippen LogP contribution in [0.15, 0.2) is 65.3 Å². The summed E-state index contributed by atoms with van der Waals surface area (Å²) in [4.78, 5) is 28.6. The molecule has 0 aliphatic heterocycles. The van der Waals surface area contributed by atoms with Gasteiger partial charge in [0.1, 0.15) is 0 Å². The molecule has 0 saturated carbocycles. The smallest absolute Gasteiger partial charge is 0.306 e. The number of amides is 3. The summed E-state index contributed by atoms with van der Waals surface area (Å²) >= 11 is 9.37. The number of nitrogens with one attached hydrogen (secondary N) is 2. The van der Waals surface area contributed by atoms with Crippen molar-refractivity contribution >= 4 is 45.2 Å². The second kappa shape index (κ2) is 8.33. The molecule has 1 aromatic heterocycles. The molecule has 27 heavy (non-hydrogen) atoms. The number of aromatic nitrogens is 1. The number of nitrogens with zero attached hydrogens (tertiary/aromatic N) is 1. The third-order valence-electron chi connectivity index (χ3n) is 3.80. The van der Waals surface area contributed by atoms with E-state index in [1.165, 1.54) is 0 Å². The van der Waals surface area contributed by atoms with Crippen molar-refractivity contribution in [1.29, 1.82) is 0 Å². The molecule has 0 atom stereocenters. The molecule has 3 rings (SSSR count). The average molecular weight is 445 g/mol. The van der Waals surface area contributed by atoms with E-state index >= 15 is 0 Å². The van der Waals surface area contributed by atoms with Gasteiger partial charge in [0.2, 0.25) is 0 Å². The Bertz CT molecular complexity index is 1010. The second-order valence-corrected chi connectivity index (χ2v) is 7.11. The van der Waals surface area contributed by atoms with Crippen LogP contribution in [-0.4, -0.2) is 16.9 Å². The Morgan fingerprint density at radius 1 is 1.07 bits per heavy atom. The van der Waals surface area contributed by atoms with Crippen LogP contribution in [0.25, 0.3) is 11.3 Å². The van der Waals surface area contributed by atoms with E-state index in [0.717, 1.165) is 21.3 Å². The fourth-order valence-corrected chi connectivity index (χ4v) is 3.02. The highest BCUT2D eigenvalue weighted by molar-refractivity contribution is 9.10. The van der Waals surface area contributed by atoms with Crippen molar-refractivity contribution in [2.24, 2.45) is 0 Å². The molecule has 1 heterocycles. The minimum absolute atomic E-state index is 0.231. The van der Waals surface area contributed by atoms with Crippen LogP contribution < -0.4 is 10.6 Å².